The molecule has 2 rings (SSSR count). The van der Waals surface area contributed by atoms with Crippen LogP contribution in [0.5, 0.6) is 0 Å². The summed E-state index contributed by atoms with van der Waals surface area (Å²) in [5.74, 6) is -1.16. The van der Waals surface area contributed by atoms with Crippen molar-refractivity contribution in [1.82, 2.24) is 0 Å². The third-order valence-corrected chi connectivity index (χ3v) is 3.01. The van der Waals surface area contributed by atoms with E-state index in [0.717, 1.165) is 17.2 Å². The maximum Gasteiger partial charge on any atom is 0.336 e. The normalized spacial score (nSPS) is 10.2. The zero-order chi connectivity index (χ0) is 14.7. The summed E-state index contributed by atoms with van der Waals surface area (Å²) in [5, 5.41) is 19.9. The van der Waals surface area contributed by atoms with Crippen LogP contribution in [-0.2, 0) is 6.42 Å². The zero-order valence-corrected chi connectivity index (χ0v) is 10.9. The maximum atomic E-state index is 11.2. The highest BCUT2D eigenvalue weighted by Gasteiger charge is 2.16. The van der Waals surface area contributed by atoms with Crippen molar-refractivity contribution in [2.24, 2.45) is 0 Å². The molecule has 20 heavy (non-hydrogen) atoms. The average molecular weight is 271 g/mol. The Kier molecular flexibility index (Phi) is 3.79. The van der Waals surface area contributed by atoms with E-state index in [9.17, 15) is 20.0 Å². The topological polar surface area (TPSA) is 80.4 Å². The van der Waals surface area contributed by atoms with Crippen LogP contribution in [0.4, 0.5) is 5.69 Å². The number of carboxylic acids is 1. The minimum atomic E-state index is -1.16. The molecule has 102 valence electrons. The van der Waals surface area contributed by atoms with Gasteiger partial charge in [0.05, 0.1) is 10.5 Å². The quantitative estimate of drug-likeness (QED) is 0.684. The van der Waals surface area contributed by atoms with Gasteiger partial charge in [-0.3, -0.25) is 10.1 Å². The van der Waals surface area contributed by atoms with Gasteiger partial charge in [-0.15, -0.1) is 0 Å². The Hall–Kier alpha value is -2.69. The van der Waals surface area contributed by atoms with Crippen LogP contribution in [-0.4, -0.2) is 16.0 Å². The van der Waals surface area contributed by atoms with Gasteiger partial charge in [-0.2, -0.15) is 0 Å². The summed E-state index contributed by atoms with van der Waals surface area (Å²) < 4.78 is 0. The molecule has 0 aliphatic heterocycles. The molecule has 0 fully saturated rings. The summed E-state index contributed by atoms with van der Waals surface area (Å²) in [7, 11) is 0. The molecule has 5 heteroatoms. The number of hydrogen-bond acceptors (Lipinski definition) is 3. The van der Waals surface area contributed by atoms with Crippen LogP contribution in [0.15, 0.2) is 42.5 Å². The molecule has 0 heterocycles. The number of benzene rings is 2. The molecule has 0 amide bonds. The average Bonchev–Trinajstić information content (AvgIpc) is 2.38. The molecule has 2 aromatic rings. The van der Waals surface area contributed by atoms with E-state index in [4.69, 9.17) is 0 Å². The van der Waals surface area contributed by atoms with Crippen LogP contribution in [0.1, 0.15) is 27.0 Å². The predicted molar refractivity (Wildman–Crippen MR) is 74.0 cm³/mol. The monoisotopic (exact) mass is 271 g/mol. The van der Waals surface area contributed by atoms with Gasteiger partial charge in [0.1, 0.15) is 0 Å². The first-order valence-electron chi connectivity index (χ1n) is 6.03. The van der Waals surface area contributed by atoms with Crippen LogP contribution in [0, 0.1) is 17.0 Å². The smallest absolute Gasteiger partial charge is 0.336 e. The van der Waals surface area contributed by atoms with Crippen molar-refractivity contribution in [3.8, 4) is 0 Å². The molecule has 0 atom stereocenters. The van der Waals surface area contributed by atoms with Gasteiger partial charge in [0.25, 0.3) is 5.69 Å². The minimum absolute atomic E-state index is 0.0271. The number of non-ortho nitro benzene ring substituents is 1. The molecule has 0 bridgehead atoms. The third-order valence-electron chi connectivity index (χ3n) is 3.01. The fraction of sp³-hybridized carbons (Fsp3) is 0.133. The van der Waals surface area contributed by atoms with Gasteiger partial charge in [0.2, 0.25) is 0 Å². The molecule has 5 nitrogen and oxygen atoms in total. The Morgan fingerprint density at radius 3 is 2.60 bits per heavy atom. The maximum absolute atomic E-state index is 11.2. The van der Waals surface area contributed by atoms with Crippen molar-refractivity contribution in [1.29, 1.82) is 0 Å². The minimum Gasteiger partial charge on any atom is -0.478 e. The first-order valence-corrected chi connectivity index (χ1v) is 6.03. The first-order chi connectivity index (χ1) is 9.47. The highest BCUT2D eigenvalue weighted by molar-refractivity contribution is 5.90. The van der Waals surface area contributed by atoms with Gasteiger partial charge < -0.3 is 5.11 Å². The van der Waals surface area contributed by atoms with Crippen molar-refractivity contribution in [3.63, 3.8) is 0 Å². The Labute approximate surface area is 115 Å². The second-order valence-electron chi connectivity index (χ2n) is 4.57. The van der Waals surface area contributed by atoms with Gasteiger partial charge in [-0.1, -0.05) is 35.9 Å². The lowest BCUT2D eigenvalue weighted by atomic mass is 9.98. The molecule has 0 radical (unpaired) electrons. The standard InChI is InChI=1S/C15H13NO4/c1-10-3-2-4-11(7-10)8-12-5-6-13(16(19)20)9-14(12)15(17)18/h2-7,9H,8H2,1H3,(H,17,18). The van der Waals surface area contributed by atoms with Crippen molar-refractivity contribution in [2.75, 3.05) is 0 Å². The zero-order valence-electron chi connectivity index (χ0n) is 10.9. The highest BCUT2D eigenvalue weighted by atomic mass is 16.6. The largest absolute Gasteiger partial charge is 0.478 e. The summed E-state index contributed by atoms with van der Waals surface area (Å²) >= 11 is 0. The van der Waals surface area contributed by atoms with Crippen LogP contribution in [0.25, 0.3) is 0 Å². The lowest BCUT2D eigenvalue weighted by Crippen LogP contribution is -2.04. The molecular formula is C15H13NO4. The van der Waals surface area contributed by atoms with E-state index in [0.29, 0.717) is 12.0 Å². The van der Waals surface area contributed by atoms with E-state index in [2.05, 4.69) is 0 Å². The van der Waals surface area contributed by atoms with Crippen molar-refractivity contribution in [3.05, 3.63) is 74.8 Å². The molecule has 1 N–H and O–H groups in total. The summed E-state index contributed by atoms with van der Waals surface area (Å²) in [4.78, 5) is 21.3. The molecule has 2 aromatic carbocycles. The second kappa shape index (κ2) is 5.52. The number of nitrogens with zero attached hydrogens (tertiary/aromatic N) is 1. The number of rotatable bonds is 4. The van der Waals surface area contributed by atoms with Gasteiger partial charge in [-0.25, -0.2) is 4.79 Å². The van der Waals surface area contributed by atoms with Gasteiger partial charge >= 0.3 is 5.97 Å². The SMILES string of the molecule is Cc1cccc(Cc2ccc([N+](=O)[O-])cc2C(=O)O)c1. The van der Waals surface area contributed by atoms with Crippen LogP contribution >= 0.6 is 0 Å². The summed E-state index contributed by atoms with van der Waals surface area (Å²) in [6, 6.07) is 11.7. The molecule has 0 spiro atoms. The van der Waals surface area contributed by atoms with E-state index in [-0.39, 0.29) is 11.3 Å². The van der Waals surface area contributed by atoms with Crippen LogP contribution < -0.4 is 0 Å². The molecule has 0 saturated heterocycles. The van der Waals surface area contributed by atoms with E-state index >= 15 is 0 Å². The fourth-order valence-corrected chi connectivity index (χ4v) is 2.07. The Bertz CT molecular complexity index is 679. The highest BCUT2D eigenvalue weighted by Crippen LogP contribution is 2.21. The van der Waals surface area contributed by atoms with E-state index in [1.54, 1.807) is 0 Å². The Morgan fingerprint density at radius 2 is 2.00 bits per heavy atom. The van der Waals surface area contributed by atoms with Crippen molar-refractivity contribution >= 4 is 11.7 Å². The number of nitro benzene ring substituents is 1. The Morgan fingerprint density at radius 1 is 1.25 bits per heavy atom. The van der Waals surface area contributed by atoms with Gasteiger partial charge in [0, 0.05) is 12.1 Å². The van der Waals surface area contributed by atoms with Crippen molar-refractivity contribution < 1.29 is 14.8 Å². The second-order valence-corrected chi connectivity index (χ2v) is 4.57. The molecule has 0 saturated carbocycles. The summed E-state index contributed by atoms with van der Waals surface area (Å²) in [5.41, 5.74) is 2.38. The molecular weight excluding hydrogens is 258 g/mol. The number of hydrogen-bond donors (Lipinski definition) is 1. The number of aryl methyl sites for hydroxylation is 1. The lowest BCUT2D eigenvalue weighted by molar-refractivity contribution is -0.384. The third kappa shape index (κ3) is 3.00. The fourth-order valence-electron chi connectivity index (χ4n) is 2.07. The number of carbonyl (C=O) groups is 1. The van der Waals surface area contributed by atoms with Crippen LogP contribution in [0.2, 0.25) is 0 Å². The molecule has 0 aliphatic rings. The van der Waals surface area contributed by atoms with E-state index < -0.39 is 10.9 Å². The van der Waals surface area contributed by atoms with Crippen molar-refractivity contribution in [2.45, 2.75) is 13.3 Å². The Balaban J connectivity index is 2.41. The first kappa shape index (κ1) is 13.7. The predicted octanol–water partition coefficient (Wildman–Crippen LogP) is 3.19. The van der Waals surface area contributed by atoms with Crippen LogP contribution in [0.3, 0.4) is 0 Å². The molecule has 0 unspecified atom stereocenters. The lowest BCUT2D eigenvalue weighted by Gasteiger charge is -2.07. The number of nitro groups is 1. The number of aromatic carboxylic acids is 1. The summed E-state index contributed by atoms with van der Waals surface area (Å²) in [6.07, 6.45) is 0.432. The summed E-state index contributed by atoms with van der Waals surface area (Å²) in [6.45, 7) is 1.96. The molecule has 0 aromatic heterocycles. The molecule has 0 aliphatic carbocycles. The van der Waals surface area contributed by atoms with E-state index in [1.165, 1.54) is 12.1 Å². The van der Waals surface area contributed by atoms with Gasteiger partial charge in [0.15, 0.2) is 0 Å². The van der Waals surface area contributed by atoms with E-state index in [1.807, 2.05) is 31.2 Å². The number of carboxylic acid groups (broad SMARTS) is 1. The van der Waals surface area contributed by atoms with Gasteiger partial charge in [-0.05, 0) is 24.5 Å².